The number of carbonyl (C=O) groups is 1. The number of benzene rings is 3. The standard InChI is InChI=1S/C23H20FN3O/c1-27(16-23(28)26-21-12-10-20(24)11-13-21)15-17-6-8-18(9-7-17)22-5-3-2-4-19(22)14-25/h2-13H,15-16H2,1H3,(H,26,28). The summed E-state index contributed by atoms with van der Waals surface area (Å²) in [5.74, 6) is -0.496. The molecule has 0 saturated carbocycles. The highest BCUT2D eigenvalue weighted by molar-refractivity contribution is 5.92. The quantitative estimate of drug-likeness (QED) is 0.695. The number of nitrogens with zero attached hydrogens (tertiary/aromatic N) is 2. The van der Waals surface area contributed by atoms with Gasteiger partial charge in [-0.05, 0) is 54.1 Å². The smallest absolute Gasteiger partial charge is 0.238 e. The van der Waals surface area contributed by atoms with Crippen molar-refractivity contribution < 1.29 is 9.18 Å². The van der Waals surface area contributed by atoms with E-state index in [1.807, 2.05) is 54.4 Å². The maximum Gasteiger partial charge on any atom is 0.238 e. The molecule has 0 unspecified atom stereocenters. The molecule has 3 rings (SSSR count). The highest BCUT2D eigenvalue weighted by atomic mass is 19.1. The number of nitriles is 1. The minimum Gasteiger partial charge on any atom is -0.325 e. The third-order valence-electron chi connectivity index (χ3n) is 4.31. The fraction of sp³-hybridized carbons (Fsp3) is 0.130. The van der Waals surface area contributed by atoms with Crippen LogP contribution in [0.2, 0.25) is 0 Å². The molecule has 0 aromatic heterocycles. The van der Waals surface area contributed by atoms with E-state index in [4.69, 9.17) is 0 Å². The zero-order chi connectivity index (χ0) is 19.9. The Morgan fingerprint density at radius 1 is 1.04 bits per heavy atom. The van der Waals surface area contributed by atoms with Crippen LogP contribution in [0.1, 0.15) is 11.1 Å². The van der Waals surface area contributed by atoms with Gasteiger partial charge in [-0.1, -0.05) is 42.5 Å². The lowest BCUT2D eigenvalue weighted by molar-refractivity contribution is -0.117. The highest BCUT2D eigenvalue weighted by Gasteiger charge is 2.09. The van der Waals surface area contributed by atoms with E-state index in [2.05, 4.69) is 11.4 Å². The molecule has 28 heavy (non-hydrogen) atoms. The third kappa shape index (κ3) is 5.03. The molecule has 0 radical (unpaired) electrons. The van der Waals surface area contributed by atoms with Gasteiger partial charge in [-0.2, -0.15) is 5.26 Å². The first-order chi connectivity index (χ1) is 13.5. The van der Waals surface area contributed by atoms with E-state index < -0.39 is 0 Å². The van der Waals surface area contributed by atoms with Crippen molar-refractivity contribution in [3.05, 3.63) is 89.7 Å². The van der Waals surface area contributed by atoms with Crippen LogP contribution < -0.4 is 5.32 Å². The second kappa shape index (κ2) is 8.94. The first-order valence-electron chi connectivity index (χ1n) is 8.87. The number of hydrogen-bond acceptors (Lipinski definition) is 3. The molecule has 0 saturated heterocycles. The van der Waals surface area contributed by atoms with E-state index >= 15 is 0 Å². The Bertz CT molecular complexity index is 992. The predicted octanol–water partition coefficient (Wildman–Crippen LogP) is 4.43. The zero-order valence-electron chi connectivity index (χ0n) is 15.5. The third-order valence-corrected chi connectivity index (χ3v) is 4.31. The van der Waals surface area contributed by atoms with Crippen LogP contribution in [-0.4, -0.2) is 24.4 Å². The van der Waals surface area contributed by atoms with Crippen LogP contribution in [0.3, 0.4) is 0 Å². The van der Waals surface area contributed by atoms with E-state index in [1.54, 1.807) is 6.07 Å². The lowest BCUT2D eigenvalue weighted by Crippen LogP contribution is -2.29. The van der Waals surface area contributed by atoms with Crippen molar-refractivity contribution in [1.82, 2.24) is 4.90 Å². The number of anilines is 1. The van der Waals surface area contributed by atoms with E-state index in [9.17, 15) is 14.4 Å². The number of halogens is 1. The molecule has 4 nitrogen and oxygen atoms in total. The minimum atomic E-state index is -0.337. The van der Waals surface area contributed by atoms with Crippen LogP contribution in [0.5, 0.6) is 0 Å². The van der Waals surface area contributed by atoms with Gasteiger partial charge < -0.3 is 5.32 Å². The Balaban J connectivity index is 1.58. The van der Waals surface area contributed by atoms with Gasteiger partial charge in [0, 0.05) is 12.2 Å². The van der Waals surface area contributed by atoms with Gasteiger partial charge in [-0.3, -0.25) is 9.69 Å². The Hall–Kier alpha value is -3.49. The Morgan fingerprint density at radius 2 is 1.71 bits per heavy atom. The molecule has 140 valence electrons. The summed E-state index contributed by atoms with van der Waals surface area (Å²) >= 11 is 0. The molecule has 0 aliphatic rings. The molecule has 1 N–H and O–H groups in total. The lowest BCUT2D eigenvalue weighted by Gasteiger charge is -2.17. The average Bonchev–Trinajstić information content (AvgIpc) is 2.70. The second-order valence-corrected chi connectivity index (χ2v) is 6.58. The Labute approximate surface area is 163 Å². The minimum absolute atomic E-state index is 0.159. The van der Waals surface area contributed by atoms with Gasteiger partial charge in [0.2, 0.25) is 5.91 Å². The van der Waals surface area contributed by atoms with Crippen molar-refractivity contribution >= 4 is 11.6 Å². The molecule has 0 aliphatic heterocycles. The fourth-order valence-electron chi connectivity index (χ4n) is 2.97. The molecule has 0 atom stereocenters. The summed E-state index contributed by atoms with van der Waals surface area (Å²) in [7, 11) is 1.86. The number of hydrogen-bond donors (Lipinski definition) is 1. The van der Waals surface area contributed by atoms with Crippen LogP contribution in [0.4, 0.5) is 10.1 Å². The Kier molecular flexibility index (Phi) is 6.15. The summed E-state index contributed by atoms with van der Waals surface area (Å²) in [5, 5.41) is 12.0. The van der Waals surface area contributed by atoms with Gasteiger partial charge in [0.15, 0.2) is 0 Å². The van der Waals surface area contributed by atoms with Crippen molar-refractivity contribution in [1.29, 1.82) is 5.26 Å². The van der Waals surface area contributed by atoms with Crippen molar-refractivity contribution in [2.24, 2.45) is 0 Å². The lowest BCUT2D eigenvalue weighted by atomic mass is 9.99. The van der Waals surface area contributed by atoms with Crippen LogP contribution >= 0.6 is 0 Å². The molecule has 3 aromatic carbocycles. The number of rotatable bonds is 6. The molecule has 5 heteroatoms. The molecular weight excluding hydrogens is 353 g/mol. The normalized spacial score (nSPS) is 10.5. The summed E-state index contributed by atoms with van der Waals surface area (Å²) in [6, 6.07) is 23.4. The van der Waals surface area contributed by atoms with Gasteiger partial charge in [0.25, 0.3) is 0 Å². The second-order valence-electron chi connectivity index (χ2n) is 6.58. The number of carbonyl (C=O) groups excluding carboxylic acids is 1. The molecular formula is C23H20FN3O. The first-order valence-corrected chi connectivity index (χ1v) is 8.87. The van der Waals surface area contributed by atoms with Crippen molar-refractivity contribution in [3.63, 3.8) is 0 Å². The number of amides is 1. The fourth-order valence-corrected chi connectivity index (χ4v) is 2.97. The monoisotopic (exact) mass is 373 g/mol. The molecule has 0 heterocycles. The van der Waals surface area contributed by atoms with Crippen molar-refractivity contribution in [3.8, 4) is 17.2 Å². The maximum atomic E-state index is 12.9. The largest absolute Gasteiger partial charge is 0.325 e. The van der Waals surface area contributed by atoms with Crippen LogP contribution in [0, 0.1) is 17.1 Å². The molecule has 0 fully saturated rings. The molecule has 0 spiro atoms. The van der Waals surface area contributed by atoms with Crippen LogP contribution in [0.15, 0.2) is 72.8 Å². The average molecular weight is 373 g/mol. The SMILES string of the molecule is CN(CC(=O)Nc1ccc(F)cc1)Cc1ccc(-c2ccccc2C#N)cc1. The summed E-state index contributed by atoms with van der Waals surface area (Å²) in [6.45, 7) is 0.827. The topological polar surface area (TPSA) is 56.1 Å². The van der Waals surface area contributed by atoms with Crippen LogP contribution in [-0.2, 0) is 11.3 Å². The predicted molar refractivity (Wildman–Crippen MR) is 108 cm³/mol. The number of nitrogens with one attached hydrogen (secondary N) is 1. The molecule has 3 aromatic rings. The van der Waals surface area contributed by atoms with Gasteiger partial charge >= 0.3 is 0 Å². The molecule has 1 amide bonds. The van der Waals surface area contributed by atoms with Crippen molar-refractivity contribution in [2.75, 3.05) is 18.9 Å². The van der Waals surface area contributed by atoms with Gasteiger partial charge in [-0.25, -0.2) is 4.39 Å². The maximum absolute atomic E-state index is 12.9. The van der Waals surface area contributed by atoms with Crippen molar-refractivity contribution in [2.45, 2.75) is 6.54 Å². The van der Waals surface area contributed by atoms with Gasteiger partial charge in [0.1, 0.15) is 5.82 Å². The summed E-state index contributed by atoms with van der Waals surface area (Å²) in [6.07, 6.45) is 0. The summed E-state index contributed by atoms with van der Waals surface area (Å²) < 4.78 is 12.9. The Morgan fingerprint density at radius 3 is 2.39 bits per heavy atom. The van der Waals surface area contributed by atoms with E-state index in [0.717, 1.165) is 16.7 Å². The van der Waals surface area contributed by atoms with E-state index in [-0.39, 0.29) is 18.3 Å². The van der Waals surface area contributed by atoms with Gasteiger partial charge in [-0.15, -0.1) is 0 Å². The summed E-state index contributed by atoms with van der Waals surface area (Å²) in [4.78, 5) is 14.0. The van der Waals surface area contributed by atoms with Gasteiger partial charge in [0.05, 0.1) is 18.2 Å². The van der Waals surface area contributed by atoms with E-state index in [0.29, 0.717) is 17.8 Å². The zero-order valence-corrected chi connectivity index (χ0v) is 15.5. The summed E-state index contributed by atoms with van der Waals surface area (Å²) in [5.41, 5.74) is 4.17. The molecule has 0 bridgehead atoms. The highest BCUT2D eigenvalue weighted by Crippen LogP contribution is 2.23. The first kappa shape index (κ1) is 19.3. The van der Waals surface area contributed by atoms with Crippen LogP contribution in [0.25, 0.3) is 11.1 Å². The van der Waals surface area contributed by atoms with E-state index in [1.165, 1.54) is 24.3 Å². The number of likely N-dealkylation sites (N-methyl/N-ethyl adjacent to an activating group) is 1. The molecule has 0 aliphatic carbocycles.